The van der Waals surface area contributed by atoms with E-state index < -0.39 is 0 Å². The maximum Gasteiger partial charge on any atom is 0.0449 e. The molecule has 0 aliphatic carbocycles. The third kappa shape index (κ3) is 3.09. The maximum absolute atomic E-state index is 9.17. The molecule has 1 atom stereocenters. The van der Waals surface area contributed by atoms with Gasteiger partial charge in [-0.05, 0) is 41.8 Å². The second kappa shape index (κ2) is 6.53. The summed E-state index contributed by atoms with van der Waals surface area (Å²) >= 11 is 0. The molecule has 1 unspecified atom stereocenters. The van der Waals surface area contributed by atoms with E-state index in [1.54, 1.807) is 0 Å². The largest absolute Gasteiger partial charge is 0.396 e. The normalized spacial score (nSPS) is 12.8. The van der Waals surface area contributed by atoms with Crippen LogP contribution in [0.1, 0.15) is 31.4 Å². The molecule has 2 nitrogen and oxygen atoms in total. The average molecular weight is 243 g/mol. The predicted octanol–water partition coefficient (Wildman–Crippen LogP) is 3.26. The number of fused-ring (bicyclic) bond motifs is 1. The number of hydrogen-bond acceptors (Lipinski definition) is 2. The minimum Gasteiger partial charge on any atom is -0.396 e. The first-order valence-corrected chi connectivity index (χ1v) is 6.68. The van der Waals surface area contributed by atoms with Crippen LogP contribution in [0, 0.1) is 0 Å². The summed E-state index contributed by atoms with van der Waals surface area (Å²) in [6.07, 6.45) is 1.87. The lowest BCUT2D eigenvalue weighted by Crippen LogP contribution is -2.23. The molecule has 2 rings (SSSR count). The Bertz CT molecular complexity index is 495. The van der Waals surface area contributed by atoms with Crippen LogP contribution in [-0.4, -0.2) is 18.3 Å². The fraction of sp³-hybridized carbons (Fsp3) is 0.375. The smallest absolute Gasteiger partial charge is 0.0449 e. The molecule has 2 aromatic rings. The van der Waals surface area contributed by atoms with Gasteiger partial charge in [-0.3, -0.25) is 0 Å². The molecule has 96 valence electrons. The summed E-state index contributed by atoms with van der Waals surface area (Å²) in [5.74, 6) is 0. The van der Waals surface area contributed by atoms with E-state index in [0.717, 1.165) is 19.4 Å². The van der Waals surface area contributed by atoms with Crippen molar-refractivity contribution < 1.29 is 5.11 Å². The average Bonchev–Trinajstić information content (AvgIpc) is 2.43. The summed E-state index contributed by atoms with van der Waals surface area (Å²) in [5.41, 5.74) is 1.26. The first-order chi connectivity index (χ1) is 8.85. The van der Waals surface area contributed by atoms with Crippen LogP contribution in [0.5, 0.6) is 0 Å². The van der Waals surface area contributed by atoms with Gasteiger partial charge in [0.15, 0.2) is 0 Å². The summed E-state index contributed by atoms with van der Waals surface area (Å²) in [5, 5.41) is 15.2. The highest BCUT2D eigenvalue weighted by Crippen LogP contribution is 2.22. The number of aliphatic hydroxyl groups excluding tert-OH is 1. The zero-order valence-corrected chi connectivity index (χ0v) is 10.9. The first-order valence-electron chi connectivity index (χ1n) is 6.68. The van der Waals surface area contributed by atoms with Crippen LogP contribution in [0.15, 0.2) is 42.5 Å². The van der Waals surface area contributed by atoms with E-state index in [0.29, 0.717) is 0 Å². The van der Waals surface area contributed by atoms with Gasteiger partial charge in [-0.2, -0.15) is 0 Å². The summed E-state index contributed by atoms with van der Waals surface area (Å²) in [7, 11) is 0. The molecule has 2 aromatic carbocycles. The molecule has 0 spiro atoms. The van der Waals surface area contributed by atoms with Crippen LogP contribution in [0.2, 0.25) is 0 Å². The Morgan fingerprint density at radius 2 is 1.89 bits per heavy atom. The van der Waals surface area contributed by atoms with Gasteiger partial charge in [-0.15, -0.1) is 0 Å². The van der Waals surface area contributed by atoms with Gasteiger partial charge in [0.1, 0.15) is 0 Å². The molecular weight excluding hydrogens is 222 g/mol. The van der Waals surface area contributed by atoms with E-state index in [-0.39, 0.29) is 12.6 Å². The van der Waals surface area contributed by atoms with Crippen LogP contribution in [0.3, 0.4) is 0 Å². The van der Waals surface area contributed by atoms with Gasteiger partial charge < -0.3 is 10.4 Å². The second-order valence-electron chi connectivity index (χ2n) is 4.63. The third-order valence-electron chi connectivity index (χ3n) is 3.23. The van der Waals surface area contributed by atoms with Crippen molar-refractivity contribution in [3.05, 3.63) is 48.0 Å². The Kier molecular flexibility index (Phi) is 4.73. The molecule has 0 heterocycles. The lowest BCUT2D eigenvalue weighted by atomic mass is 10.00. The molecule has 0 amide bonds. The molecule has 0 aliphatic rings. The number of rotatable bonds is 6. The van der Waals surface area contributed by atoms with E-state index in [9.17, 15) is 5.11 Å². The summed E-state index contributed by atoms with van der Waals surface area (Å²) in [6, 6.07) is 15.2. The quantitative estimate of drug-likeness (QED) is 0.816. The van der Waals surface area contributed by atoms with E-state index in [1.807, 2.05) is 0 Å². The second-order valence-corrected chi connectivity index (χ2v) is 4.63. The molecule has 0 radical (unpaired) electrons. The van der Waals surface area contributed by atoms with Crippen molar-refractivity contribution in [3.8, 4) is 0 Å². The van der Waals surface area contributed by atoms with Crippen molar-refractivity contribution in [1.29, 1.82) is 0 Å². The summed E-state index contributed by atoms with van der Waals surface area (Å²) < 4.78 is 0. The van der Waals surface area contributed by atoms with Crippen molar-refractivity contribution in [2.24, 2.45) is 0 Å². The lowest BCUT2D eigenvalue weighted by Gasteiger charge is -2.18. The van der Waals surface area contributed by atoms with Crippen molar-refractivity contribution >= 4 is 10.8 Å². The Hall–Kier alpha value is -1.38. The van der Waals surface area contributed by atoms with Crippen LogP contribution in [-0.2, 0) is 0 Å². The molecule has 2 heteroatoms. The van der Waals surface area contributed by atoms with Crippen molar-refractivity contribution in [3.63, 3.8) is 0 Å². The fourth-order valence-corrected chi connectivity index (χ4v) is 2.26. The van der Waals surface area contributed by atoms with Gasteiger partial charge in [0.05, 0.1) is 0 Å². The molecule has 0 fully saturated rings. The molecule has 18 heavy (non-hydrogen) atoms. The number of benzene rings is 2. The van der Waals surface area contributed by atoms with E-state index in [4.69, 9.17) is 0 Å². The van der Waals surface area contributed by atoms with Gasteiger partial charge >= 0.3 is 0 Å². The van der Waals surface area contributed by atoms with E-state index >= 15 is 0 Å². The minimum atomic E-state index is 0.216. The van der Waals surface area contributed by atoms with Crippen LogP contribution < -0.4 is 5.32 Å². The monoisotopic (exact) mass is 243 g/mol. The van der Waals surface area contributed by atoms with Gasteiger partial charge in [0, 0.05) is 12.6 Å². The van der Waals surface area contributed by atoms with Crippen LogP contribution in [0.25, 0.3) is 10.8 Å². The maximum atomic E-state index is 9.17. The highest BCUT2D eigenvalue weighted by Gasteiger charge is 2.10. The topological polar surface area (TPSA) is 32.3 Å². The van der Waals surface area contributed by atoms with E-state index in [1.165, 1.54) is 16.3 Å². The number of nitrogens with one attached hydrogen (secondary N) is 1. The molecule has 0 bridgehead atoms. The highest BCUT2D eigenvalue weighted by atomic mass is 16.3. The van der Waals surface area contributed by atoms with Crippen molar-refractivity contribution in [2.45, 2.75) is 25.8 Å². The lowest BCUT2D eigenvalue weighted by molar-refractivity contribution is 0.265. The molecule has 0 saturated heterocycles. The fourth-order valence-electron chi connectivity index (χ4n) is 2.26. The number of hydrogen-bond donors (Lipinski definition) is 2. The SMILES string of the molecule is CCCNC(CCO)c1ccc2ccccc2c1. The molecule has 0 aliphatic heterocycles. The summed E-state index contributed by atoms with van der Waals surface area (Å²) in [4.78, 5) is 0. The zero-order valence-electron chi connectivity index (χ0n) is 10.9. The molecule has 0 saturated carbocycles. The predicted molar refractivity (Wildman–Crippen MR) is 76.7 cm³/mol. The van der Waals surface area contributed by atoms with Gasteiger partial charge in [0.2, 0.25) is 0 Å². The van der Waals surface area contributed by atoms with Crippen molar-refractivity contribution in [2.75, 3.05) is 13.2 Å². The van der Waals surface area contributed by atoms with Crippen LogP contribution in [0.4, 0.5) is 0 Å². The number of aliphatic hydroxyl groups is 1. The standard InChI is InChI=1S/C16H21NO/c1-2-10-17-16(9-11-18)15-8-7-13-5-3-4-6-14(13)12-15/h3-8,12,16-18H,2,9-11H2,1H3. The zero-order chi connectivity index (χ0) is 12.8. The Balaban J connectivity index is 2.25. The molecule has 0 aromatic heterocycles. The van der Waals surface area contributed by atoms with Gasteiger partial charge in [0.25, 0.3) is 0 Å². The molecular formula is C16H21NO. The third-order valence-corrected chi connectivity index (χ3v) is 3.23. The Morgan fingerprint density at radius 1 is 1.11 bits per heavy atom. The Labute approximate surface area is 109 Å². The Morgan fingerprint density at radius 3 is 2.61 bits per heavy atom. The van der Waals surface area contributed by atoms with Crippen molar-refractivity contribution in [1.82, 2.24) is 5.32 Å². The molecule has 2 N–H and O–H groups in total. The van der Waals surface area contributed by atoms with E-state index in [2.05, 4.69) is 54.7 Å². The van der Waals surface area contributed by atoms with Gasteiger partial charge in [-0.25, -0.2) is 0 Å². The minimum absolute atomic E-state index is 0.216. The summed E-state index contributed by atoms with van der Waals surface area (Å²) in [6.45, 7) is 3.36. The van der Waals surface area contributed by atoms with Gasteiger partial charge in [-0.1, -0.05) is 43.3 Å². The van der Waals surface area contributed by atoms with Crippen LogP contribution >= 0.6 is 0 Å². The first kappa shape index (κ1) is 13.1. The highest BCUT2D eigenvalue weighted by molar-refractivity contribution is 5.83.